The van der Waals surface area contributed by atoms with E-state index in [1.807, 2.05) is 19.1 Å². The molecule has 1 N–H and O–H groups in total. The summed E-state index contributed by atoms with van der Waals surface area (Å²) in [5.41, 5.74) is 3.86. The van der Waals surface area contributed by atoms with Gasteiger partial charge in [-0.05, 0) is 71.5 Å². The standard InChI is InChI=1S/C26H19ClFN3O4S/c1-15-11-21(24(34-2)14-20(15)16-3-6-23(28)22(27)13-16)26-19-5-4-18(12-17(19)7-9-29-26)36(32,33)31-25-8-10-35-30-25/h3-14H,1-2H3,(H,30,31). The van der Waals surface area contributed by atoms with E-state index in [0.29, 0.717) is 16.8 Å². The molecule has 5 rings (SSSR count). The molecule has 10 heteroatoms. The Balaban J connectivity index is 1.60. The Morgan fingerprint density at radius 1 is 1.03 bits per heavy atom. The van der Waals surface area contributed by atoms with Crippen LogP contribution in [0.2, 0.25) is 5.02 Å². The molecule has 0 aliphatic heterocycles. The number of nitrogens with zero attached hydrogens (tertiary/aromatic N) is 2. The van der Waals surface area contributed by atoms with Crippen molar-refractivity contribution in [3.05, 3.63) is 89.5 Å². The lowest BCUT2D eigenvalue weighted by Gasteiger charge is -2.16. The first kappa shape index (κ1) is 23.8. The molecular formula is C26H19ClFN3O4S. The summed E-state index contributed by atoms with van der Waals surface area (Å²) in [6.07, 6.45) is 2.89. The maximum atomic E-state index is 13.7. The van der Waals surface area contributed by atoms with Gasteiger partial charge >= 0.3 is 0 Å². The van der Waals surface area contributed by atoms with Crippen LogP contribution in [-0.2, 0) is 10.0 Å². The summed E-state index contributed by atoms with van der Waals surface area (Å²) < 4.78 is 52.0. The molecule has 0 amide bonds. The van der Waals surface area contributed by atoms with Gasteiger partial charge in [0.05, 0.1) is 22.7 Å². The molecule has 3 aromatic carbocycles. The number of sulfonamides is 1. The summed E-state index contributed by atoms with van der Waals surface area (Å²) in [5.74, 6) is 0.160. The highest BCUT2D eigenvalue weighted by atomic mass is 35.5. The maximum absolute atomic E-state index is 13.7. The molecular weight excluding hydrogens is 505 g/mol. The highest BCUT2D eigenvalue weighted by Gasteiger charge is 2.19. The Labute approximate surface area is 211 Å². The van der Waals surface area contributed by atoms with Crippen molar-refractivity contribution in [3.63, 3.8) is 0 Å². The quantitative estimate of drug-likeness (QED) is 0.274. The van der Waals surface area contributed by atoms with Gasteiger partial charge in [0.1, 0.15) is 17.8 Å². The highest BCUT2D eigenvalue weighted by Crippen LogP contribution is 2.39. The van der Waals surface area contributed by atoms with E-state index in [1.54, 1.807) is 43.6 Å². The lowest BCUT2D eigenvalue weighted by molar-refractivity contribution is 0.416. The average molecular weight is 524 g/mol. The van der Waals surface area contributed by atoms with Gasteiger partial charge in [0.2, 0.25) is 0 Å². The molecule has 182 valence electrons. The van der Waals surface area contributed by atoms with Crippen molar-refractivity contribution in [2.24, 2.45) is 0 Å². The third-order valence-electron chi connectivity index (χ3n) is 5.76. The second-order valence-corrected chi connectivity index (χ2v) is 10.1. The van der Waals surface area contributed by atoms with Crippen LogP contribution in [0.4, 0.5) is 10.2 Å². The van der Waals surface area contributed by atoms with Crippen molar-refractivity contribution < 1.29 is 22.1 Å². The maximum Gasteiger partial charge on any atom is 0.263 e. The van der Waals surface area contributed by atoms with E-state index in [1.165, 1.54) is 24.5 Å². The summed E-state index contributed by atoms with van der Waals surface area (Å²) in [6.45, 7) is 1.93. The number of methoxy groups -OCH3 is 1. The van der Waals surface area contributed by atoms with E-state index in [9.17, 15) is 12.8 Å². The molecule has 0 saturated carbocycles. The van der Waals surface area contributed by atoms with Gasteiger partial charge in [0.15, 0.2) is 5.82 Å². The molecule has 0 spiro atoms. The van der Waals surface area contributed by atoms with E-state index < -0.39 is 15.8 Å². The summed E-state index contributed by atoms with van der Waals surface area (Å²) >= 11 is 5.99. The van der Waals surface area contributed by atoms with Crippen LogP contribution in [0.1, 0.15) is 5.56 Å². The topological polar surface area (TPSA) is 94.3 Å². The minimum absolute atomic E-state index is 0.0365. The third kappa shape index (κ3) is 4.38. The zero-order valence-corrected chi connectivity index (χ0v) is 20.7. The van der Waals surface area contributed by atoms with Crippen molar-refractivity contribution in [1.29, 1.82) is 0 Å². The Morgan fingerprint density at radius 3 is 2.58 bits per heavy atom. The molecule has 2 heterocycles. The molecule has 0 aliphatic carbocycles. The first-order valence-corrected chi connectivity index (χ1v) is 12.6. The van der Waals surface area contributed by atoms with Crippen molar-refractivity contribution in [3.8, 4) is 28.1 Å². The first-order chi connectivity index (χ1) is 17.3. The Kier molecular flexibility index (Phi) is 6.11. The van der Waals surface area contributed by atoms with Crippen molar-refractivity contribution in [1.82, 2.24) is 10.1 Å². The molecule has 5 aromatic rings. The summed E-state index contributed by atoms with van der Waals surface area (Å²) in [7, 11) is -2.31. The number of halogens is 2. The van der Waals surface area contributed by atoms with Crippen LogP contribution in [0.25, 0.3) is 33.2 Å². The fourth-order valence-electron chi connectivity index (χ4n) is 4.02. The van der Waals surface area contributed by atoms with Gasteiger partial charge in [-0.2, -0.15) is 0 Å². The average Bonchev–Trinajstić information content (AvgIpc) is 3.37. The molecule has 0 radical (unpaired) electrons. The molecule has 2 aromatic heterocycles. The number of aryl methyl sites for hydroxylation is 1. The third-order valence-corrected chi connectivity index (χ3v) is 7.40. The van der Waals surface area contributed by atoms with Crippen molar-refractivity contribution in [2.75, 3.05) is 11.8 Å². The normalized spacial score (nSPS) is 11.6. The SMILES string of the molecule is COc1cc(-c2ccc(F)c(Cl)c2)c(C)cc1-c1nccc2cc(S(=O)(=O)Nc3ccon3)ccc12. The van der Waals surface area contributed by atoms with E-state index in [4.69, 9.17) is 20.9 Å². The molecule has 0 aliphatic rings. The smallest absolute Gasteiger partial charge is 0.263 e. The number of ether oxygens (including phenoxy) is 1. The Hall–Kier alpha value is -3.95. The monoisotopic (exact) mass is 523 g/mol. The number of anilines is 1. The summed E-state index contributed by atoms with van der Waals surface area (Å²) in [6, 6.07) is 16.3. The number of benzene rings is 3. The Morgan fingerprint density at radius 2 is 1.86 bits per heavy atom. The highest BCUT2D eigenvalue weighted by molar-refractivity contribution is 7.92. The van der Waals surface area contributed by atoms with Crippen LogP contribution in [0.3, 0.4) is 0 Å². The predicted molar refractivity (Wildman–Crippen MR) is 136 cm³/mol. The van der Waals surface area contributed by atoms with Crippen LogP contribution in [0.5, 0.6) is 5.75 Å². The zero-order chi connectivity index (χ0) is 25.4. The number of fused-ring (bicyclic) bond motifs is 1. The number of pyridine rings is 1. The van der Waals surface area contributed by atoms with Crippen LogP contribution in [0.15, 0.2) is 82.5 Å². The number of rotatable bonds is 6. The van der Waals surface area contributed by atoms with Gasteiger partial charge in [-0.3, -0.25) is 9.71 Å². The van der Waals surface area contributed by atoms with Crippen molar-refractivity contribution >= 4 is 38.2 Å². The van der Waals surface area contributed by atoms with Gasteiger partial charge in [0.25, 0.3) is 10.0 Å². The second kappa shape index (κ2) is 9.25. The molecule has 0 atom stereocenters. The van der Waals surface area contributed by atoms with Gasteiger partial charge in [-0.1, -0.05) is 28.9 Å². The zero-order valence-electron chi connectivity index (χ0n) is 19.1. The van der Waals surface area contributed by atoms with Crippen molar-refractivity contribution in [2.45, 2.75) is 11.8 Å². The van der Waals surface area contributed by atoms with Crippen LogP contribution >= 0.6 is 11.6 Å². The minimum atomic E-state index is -3.87. The van der Waals surface area contributed by atoms with E-state index in [2.05, 4.69) is 14.9 Å². The second-order valence-electron chi connectivity index (χ2n) is 8.03. The van der Waals surface area contributed by atoms with E-state index in [0.717, 1.165) is 27.6 Å². The molecule has 36 heavy (non-hydrogen) atoms. The number of aromatic nitrogens is 2. The van der Waals surface area contributed by atoms with Crippen LogP contribution in [-0.4, -0.2) is 25.7 Å². The lowest BCUT2D eigenvalue weighted by atomic mass is 9.95. The first-order valence-electron chi connectivity index (χ1n) is 10.7. The van der Waals surface area contributed by atoms with Gasteiger partial charge in [-0.25, -0.2) is 12.8 Å². The van der Waals surface area contributed by atoms with Crippen LogP contribution in [0, 0.1) is 12.7 Å². The van der Waals surface area contributed by atoms with Gasteiger partial charge in [-0.15, -0.1) is 0 Å². The Bertz CT molecular complexity index is 1710. The minimum Gasteiger partial charge on any atom is -0.496 e. The number of nitrogens with one attached hydrogen (secondary N) is 1. The summed E-state index contributed by atoms with van der Waals surface area (Å²) in [4.78, 5) is 4.64. The molecule has 0 saturated heterocycles. The fourth-order valence-corrected chi connectivity index (χ4v) is 5.22. The number of hydrogen-bond acceptors (Lipinski definition) is 6. The molecule has 0 bridgehead atoms. The van der Waals surface area contributed by atoms with Crippen LogP contribution < -0.4 is 9.46 Å². The molecule has 0 fully saturated rings. The lowest BCUT2D eigenvalue weighted by Crippen LogP contribution is -2.13. The predicted octanol–water partition coefficient (Wildman–Crippen LogP) is 6.47. The summed E-state index contributed by atoms with van der Waals surface area (Å²) in [5, 5.41) is 5.05. The molecule has 7 nitrogen and oxygen atoms in total. The largest absolute Gasteiger partial charge is 0.496 e. The number of hydrogen-bond donors (Lipinski definition) is 1. The molecule has 0 unspecified atom stereocenters. The van der Waals surface area contributed by atoms with E-state index in [-0.39, 0.29) is 15.7 Å². The van der Waals surface area contributed by atoms with Gasteiger partial charge in [0, 0.05) is 23.2 Å². The fraction of sp³-hybridized carbons (Fsp3) is 0.0769. The van der Waals surface area contributed by atoms with Gasteiger partial charge < -0.3 is 9.26 Å². The van der Waals surface area contributed by atoms with E-state index >= 15 is 0 Å².